The number of aromatic amines is 1. The molecule has 1 aromatic rings. The number of hydrogen-bond donors (Lipinski definition) is 5. The molecule has 10 nitrogen and oxygen atoms in total. The fraction of sp³-hybridized carbons (Fsp3) is 0.583. The van der Waals surface area contributed by atoms with E-state index in [0.29, 0.717) is 0 Å². The van der Waals surface area contributed by atoms with E-state index in [4.69, 9.17) is 4.74 Å². The molecule has 2 fully saturated rings. The van der Waals surface area contributed by atoms with E-state index in [-0.39, 0.29) is 12.1 Å². The van der Waals surface area contributed by atoms with Crippen LogP contribution >= 0.6 is 0 Å². The van der Waals surface area contributed by atoms with Gasteiger partial charge in [0.1, 0.15) is 17.7 Å². The fourth-order valence-electron chi connectivity index (χ4n) is 2.79. The SMILES string of the molecule is Cc1cn([C@@H]2O[C@@]3(CO)CNC(=O)NC2[C@@H]3O)c(=O)[nH]c1=O. The smallest absolute Gasteiger partial charge is 0.330 e. The summed E-state index contributed by atoms with van der Waals surface area (Å²) in [4.78, 5) is 37.2. The Labute approximate surface area is 123 Å². The number of fused-ring (bicyclic) bond motifs is 2. The minimum absolute atomic E-state index is 0.111. The van der Waals surface area contributed by atoms with E-state index >= 15 is 0 Å². The van der Waals surface area contributed by atoms with Crippen LogP contribution in [0.2, 0.25) is 0 Å². The van der Waals surface area contributed by atoms with Gasteiger partial charge in [-0.2, -0.15) is 0 Å². The summed E-state index contributed by atoms with van der Waals surface area (Å²) < 4.78 is 6.78. The number of aryl methyl sites for hydroxylation is 1. The molecule has 2 aliphatic heterocycles. The quantitative estimate of drug-likeness (QED) is 0.397. The lowest BCUT2D eigenvalue weighted by Crippen LogP contribution is -2.51. The predicted molar refractivity (Wildman–Crippen MR) is 72.3 cm³/mol. The van der Waals surface area contributed by atoms with Crippen LogP contribution in [-0.4, -0.2) is 56.7 Å². The van der Waals surface area contributed by atoms with Crippen molar-refractivity contribution >= 4 is 6.03 Å². The molecule has 3 heterocycles. The van der Waals surface area contributed by atoms with Crippen LogP contribution in [0.5, 0.6) is 0 Å². The molecule has 2 aliphatic rings. The van der Waals surface area contributed by atoms with Crippen molar-refractivity contribution in [1.29, 1.82) is 0 Å². The third-order valence-electron chi connectivity index (χ3n) is 4.08. The second kappa shape index (κ2) is 4.93. The summed E-state index contributed by atoms with van der Waals surface area (Å²) >= 11 is 0. The van der Waals surface area contributed by atoms with Gasteiger partial charge in [0.15, 0.2) is 6.23 Å². The minimum Gasteiger partial charge on any atom is -0.393 e. The van der Waals surface area contributed by atoms with Crippen LogP contribution in [0.25, 0.3) is 0 Å². The van der Waals surface area contributed by atoms with E-state index < -0.39 is 47.9 Å². The third-order valence-corrected chi connectivity index (χ3v) is 4.08. The number of aromatic nitrogens is 2. The first-order valence-electron chi connectivity index (χ1n) is 6.71. The zero-order valence-corrected chi connectivity index (χ0v) is 11.7. The van der Waals surface area contributed by atoms with Gasteiger partial charge in [0.2, 0.25) is 0 Å². The Kier molecular flexibility index (Phi) is 3.31. The van der Waals surface area contributed by atoms with Gasteiger partial charge >= 0.3 is 11.7 Å². The Morgan fingerprint density at radius 3 is 2.86 bits per heavy atom. The number of carbonyl (C=O) groups is 1. The highest BCUT2D eigenvalue weighted by atomic mass is 16.6. The zero-order chi connectivity index (χ0) is 16.1. The first kappa shape index (κ1) is 14.8. The zero-order valence-electron chi connectivity index (χ0n) is 11.7. The number of ether oxygens (including phenoxy) is 1. The molecule has 1 aromatic heterocycles. The second-order valence-corrected chi connectivity index (χ2v) is 5.51. The maximum absolute atomic E-state index is 12.0. The van der Waals surface area contributed by atoms with Gasteiger partial charge in [-0.05, 0) is 6.92 Å². The number of H-pyrrole nitrogens is 1. The lowest BCUT2D eigenvalue weighted by Gasteiger charge is -2.29. The van der Waals surface area contributed by atoms with E-state index in [9.17, 15) is 24.6 Å². The summed E-state index contributed by atoms with van der Waals surface area (Å²) in [5, 5.41) is 24.9. The normalized spacial score (nSPS) is 34.0. The van der Waals surface area contributed by atoms with Crippen LogP contribution in [-0.2, 0) is 4.74 Å². The first-order valence-corrected chi connectivity index (χ1v) is 6.71. The van der Waals surface area contributed by atoms with Crippen molar-refractivity contribution in [2.75, 3.05) is 13.2 Å². The van der Waals surface area contributed by atoms with Crippen molar-refractivity contribution in [3.05, 3.63) is 32.6 Å². The molecule has 120 valence electrons. The lowest BCUT2D eigenvalue weighted by atomic mass is 9.95. The van der Waals surface area contributed by atoms with Crippen molar-refractivity contribution < 1.29 is 19.7 Å². The summed E-state index contributed by atoms with van der Waals surface area (Å²) in [6.45, 7) is 0.862. The summed E-state index contributed by atoms with van der Waals surface area (Å²) in [5.74, 6) is 0. The van der Waals surface area contributed by atoms with Crippen molar-refractivity contribution in [1.82, 2.24) is 20.2 Å². The molecule has 2 bridgehead atoms. The van der Waals surface area contributed by atoms with E-state index in [2.05, 4.69) is 15.6 Å². The number of amides is 2. The Morgan fingerprint density at radius 2 is 2.18 bits per heavy atom. The molecule has 0 spiro atoms. The van der Waals surface area contributed by atoms with E-state index in [1.54, 1.807) is 0 Å². The van der Waals surface area contributed by atoms with Gasteiger partial charge < -0.3 is 25.6 Å². The Balaban J connectivity index is 2.09. The molecule has 0 aliphatic carbocycles. The molecule has 3 rings (SSSR count). The highest BCUT2D eigenvalue weighted by molar-refractivity contribution is 5.75. The Hall–Kier alpha value is -2.17. The van der Waals surface area contributed by atoms with Crippen LogP contribution in [0.1, 0.15) is 11.8 Å². The number of carbonyl (C=O) groups excluding carboxylic acids is 1. The molecule has 2 saturated heterocycles. The monoisotopic (exact) mass is 312 g/mol. The number of hydrogen-bond acceptors (Lipinski definition) is 6. The van der Waals surface area contributed by atoms with Crippen molar-refractivity contribution in [2.24, 2.45) is 0 Å². The van der Waals surface area contributed by atoms with Gasteiger partial charge in [0.25, 0.3) is 5.56 Å². The highest BCUT2D eigenvalue weighted by Gasteiger charge is 2.57. The van der Waals surface area contributed by atoms with Crippen LogP contribution in [0, 0.1) is 6.92 Å². The van der Waals surface area contributed by atoms with Gasteiger partial charge in [-0.15, -0.1) is 0 Å². The Morgan fingerprint density at radius 1 is 1.45 bits per heavy atom. The van der Waals surface area contributed by atoms with Gasteiger partial charge in [-0.3, -0.25) is 14.3 Å². The molecule has 0 saturated carbocycles. The lowest BCUT2D eigenvalue weighted by molar-refractivity contribution is -0.125. The van der Waals surface area contributed by atoms with Gasteiger partial charge in [-0.1, -0.05) is 0 Å². The number of nitrogens with zero attached hydrogens (tertiary/aromatic N) is 1. The van der Waals surface area contributed by atoms with E-state index in [0.717, 1.165) is 4.57 Å². The summed E-state index contributed by atoms with van der Waals surface area (Å²) in [5.41, 5.74) is -2.39. The van der Waals surface area contributed by atoms with Crippen LogP contribution in [0.4, 0.5) is 4.79 Å². The average molecular weight is 312 g/mol. The molecule has 22 heavy (non-hydrogen) atoms. The van der Waals surface area contributed by atoms with Crippen LogP contribution in [0.3, 0.4) is 0 Å². The third kappa shape index (κ3) is 2.03. The summed E-state index contributed by atoms with van der Waals surface area (Å²) in [6, 6.07) is -1.49. The number of nitrogens with one attached hydrogen (secondary N) is 3. The molecule has 5 N–H and O–H groups in total. The van der Waals surface area contributed by atoms with Crippen LogP contribution < -0.4 is 21.9 Å². The molecule has 1 unspecified atom stereocenters. The average Bonchev–Trinajstić information content (AvgIpc) is 2.66. The highest BCUT2D eigenvalue weighted by Crippen LogP contribution is 2.37. The number of aliphatic hydroxyl groups is 2. The van der Waals surface area contributed by atoms with Crippen LogP contribution in [0.15, 0.2) is 15.8 Å². The standard InChI is InChI=1S/C12H16N4O6/c1-5-2-16(11(21)15-8(5)19)9-6-7(18)12(4-17,22-9)3-13-10(20)14-6/h2,6-7,9,17-18H,3-4H2,1H3,(H2,13,14,20)(H,15,19,21)/t6?,7-,9+,12+/m0/s1. The number of rotatable bonds is 2. The molecule has 10 heteroatoms. The van der Waals surface area contributed by atoms with E-state index in [1.165, 1.54) is 13.1 Å². The fourth-order valence-corrected chi connectivity index (χ4v) is 2.79. The van der Waals surface area contributed by atoms with Crippen molar-refractivity contribution in [3.63, 3.8) is 0 Å². The minimum atomic E-state index is -1.42. The Bertz CT molecular complexity index is 727. The second-order valence-electron chi connectivity index (χ2n) is 5.51. The van der Waals surface area contributed by atoms with Crippen molar-refractivity contribution in [3.8, 4) is 0 Å². The summed E-state index contributed by atoms with van der Waals surface area (Å²) in [7, 11) is 0. The molecule has 0 aromatic carbocycles. The number of urea groups is 1. The summed E-state index contributed by atoms with van der Waals surface area (Å²) in [6.07, 6.45) is -0.975. The van der Waals surface area contributed by atoms with Gasteiger partial charge in [0, 0.05) is 11.8 Å². The molecular weight excluding hydrogens is 296 g/mol. The predicted octanol–water partition coefficient (Wildman–Crippen LogP) is -2.85. The van der Waals surface area contributed by atoms with Gasteiger partial charge in [0.05, 0.1) is 13.2 Å². The molecule has 2 amide bonds. The number of aliphatic hydroxyl groups excluding tert-OH is 2. The van der Waals surface area contributed by atoms with Gasteiger partial charge in [-0.25, -0.2) is 9.59 Å². The maximum Gasteiger partial charge on any atom is 0.330 e. The topological polar surface area (TPSA) is 146 Å². The largest absolute Gasteiger partial charge is 0.393 e. The molecule has 4 atom stereocenters. The molecule has 0 radical (unpaired) electrons. The first-order chi connectivity index (χ1) is 10.4. The molecular formula is C12H16N4O6. The van der Waals surface area contributed by atoms with E-state index in [1.807, 2.05) is 0 Å². The van der Waals surface area contributed by atoms with Crippen molar-refractivity contribution in [2.45, 2.75) is 30.9 Å². The maximum atomic E-state index is 12.0.